The number of nitrogens with one attached hydrogen (secondary N) is 1. The molecule has 3 heteroatoms. The molecule has 0 aromatic rings. The third-order valence-electron chi connectivity index (χ3n) is 8.67. The molecule has 0 amide bonds. The number of methoxy groups -OCH3 is 1. The molecule has 5 atom stereocenters. The molecule has 1 saturated carbocycles. The zero-order chi connectivity index (χ0) is 18.0. The van der Waals surface area contributed by atoms with Crippen molar-refractivity contribution in [1.82, 2.24) is 5.32 Å². The van der Waals surface area contributed by atoms with Crippen molar-refractivity contribution in [3.8, 4) is 0 Å². The Kier molecular flexibility index (Phi) is 3.84. The van der Waals surface area contributed by atoms with Gasteiger partial charge in [-0.05, 0) is 67.9 Å². The Labute approximate surface area is 157 Å². The van der Waals surface area contributed by atoms with Crippen LogP contribution in [0.3, 0.4) is 0 Å². The average molecular weight is 356 g/mol. The average Bonchev–Trinajstić information content (AvgIpc) is 3.23. The summed E-state index contributed by atoms with van der Waals surface area (Å²) in [5.74, 6) is 1.45. The summed E-state index contributed by atoms with van der Waals surface area (Å²) in [7, 11) is 1.88. The van der Waals surface area contributed by atoms with Crippen molar-refractivity contribution in [2.24, 2.45) is 17.3 Å². The van der Waals surface area contributed by atoms with E-state index in [1.54, 1.807) is 16.7 Å². The smallest absolute Gasteiger partial charge is 0.123 e. The van der Waals surface area contributed by atoms with E-state index in [1.807, 2.05) is 7.11 Å². The van der Waals surface area contributed by atoms with Gasteiger partial charge in [0.2, 0.25) is 0 Å². The van der Waals surface area contributed by atoms with E-state index < -0.39 is 0 Å². The lowest BCUT2D eigenvalue weighted by atomic mass is 9.56. The number of ether oxygens (including phenoxy) is 2. The number of rotatable bonds is 2. The van der Waals surface area contributed by atoms with Crippen LogP contribution in [-0.2, 0) is 9.47 Å². The molecule has 5 rings (SSSR count). The second-order valence-electron chi connectivity index (χ2n) is 9.40. The van der Waals surface area contributed by atoms with Gasteiger partial charge in [0.15, 0.2) is 0 Å². The quantitative estimate of drug-likeness (QED) is 0.739. The molecule has 0 aromatic carbocycles. The Morgan fingerprint density at radius 1 is 1.31 bits per heavy atom. The molecule has 5 aliphatic rings. The molecule has 26 heavy (non-hydrogen) atoms. The topological polar surface area (TPSA) is 30.5 Å². The Hall–Kier alpha value is -0.900. The molecular weight excluding hydrogens is 322 g/mol. The van der Waals surface area contributed by atoms with Crippen LogP contribution < -0.4 is 5.32 Å². The minimum Gasteiger partial charge on any atom is -0.374 e. The summed E-state index contributed by atoms with van der Waals surface area (Å²) in [6.45, 7) is 8.49. The van der Waals surface area contributed by atoms with E-state index in [4.69, 9.17) is 9.47 Å². The van der Waals surface area contributed by atoms with Gasteiger partial charge in [0, 0.05) is 25.5 Å². The molecule has 1 heterocycles. The molecule has 1 unspecified atom stereocenters. The lowest BCUT2D eigenvalue weighted by molar-refractivity contribution is -0.0720. The molecule has 142 valence electrons. The van der Waals surface area contributed by atoms with Crippen molar-refractivity contribution in [2.45, 2.75) is 69.6 Å². The molecule has 3 nitrogen and oxygen atoms in total. The predicted molar refractivity (Wildman–Crippen MR) is 104 cm³/mol. The van der Waals surface area contributed by atoms with Crippen LogP contribution in [-0.4, -0.2) is 31.6 Å². The van der Waals surface area contributed by atoms with Gasteiger partial charge < -0.3 is 9.47 Å². The van der Waals surface area contributed by atoms with Crippen molar-refractivity contribution in [3.05, 3.63) is 35.5 Å². The van der Waals surface area contributed by atoms with E-state index in [0.717, 1.165) is 50.7 Å². The van der Waals surface area contributed by atoms with Crippen molar-refractivity contribution < 1.29 is 9.47 Å². The van der Waals surface area contributed by atoms with E-state index in [-0.39, 0.29) is 16.7 Å². The normalized spacial score (nSPS) is 47.4. The van der Waals surface area contributed by atoms with E-state index in [1.165, 1.54) is 25.7 Å². The highest BCUT2D eigenvalue weighted by Crippen LogP contribution is 2.64. The molecule has 4 aliphatic carbocycles. The van der Waals surface area contributed by atoms with Crippen molar-refractivity contribution in [3.63, 3.8) is 0 Å². The van der Waals surface area contributed by atoms with Gasteiger partial charge in [-0.1, -0.05) is 24.6 Å². The van der Waals surface area contributed by atoms with Crippen LogP contribution in [0.2, 0.25) is 0 Å². The molecule has 1 spiro atoms. The van der Waals surface area contributed by atoms with Gasteiger partial charge in [-0.15, -0.1) is 6.58 Å². The van der Waals surface area contributed by atoms with Crippen LogP contribution in [0, 0.1) is 17.3 Å². The van der Waals surface area contributed by atoms with Gasteiger partial charge in [0.1, 0.15) is 5.72 Å². The molecule has 1 aliphatic heterocycles. The Morgan fingerprint density at radius 3 is 2.92 bits per heavy atom. The van der Waals surface area contributed by atoms with Crippen LogP contribution in [0.15, 0.2) is 35.5 Å². The van der Waals surface area contributed by atoms with Gasteiger partial charge in [0.05, 0.1) is 12.2 Å². The van der Waals surface area contributed by atoms with E-state index in [9.17, 15) is 0 Å². The molecule has 2 fully saturated rings. The Balaban J connectivity index is 1.49. The van der Waals surface area contributed by atoms with E-state index >= 15 is 0 Å². The number of allylic oxidation sites excluding steroid dienone is 3. The summed E-state index contributed by atoms with van der Waals surface area (Å²) in [5, 5.41) is 3.64. The monoisotopic (exact) mass is 355 g/mol. The van der Waals surface area contributed by atoms with Gasteiger partial charge in [-0.3, -0.25) is 5.32 Å². The first-order chi connectivity index (χ1) is 12.6. The van der Waals surface area contributed by atoms with E-state index in [0.29, 0.717) is 0 Å². The maximum atomic E-state index is 6.12. The molecule has 0 radical (unpaired) electrons. The second kappa shape index (κ2) is 5.80. The maximum absolute atomic E-state index is 6.12. The predicted octanol–water partition coefficient (Wildman–Crippen LogP) is 4.51. The lowest BCUT2D eigenvalue weighted by Gasteiger charge is -2.51. The van der Waals surface area contributed by atoms with Gasteiger partial charge in [0.25, 0.3) is 0 Å². The van der Waals surface area contributed by atoms with Crippen LogP contribution in [0.1, 0.15) is 58.3 Å². The van der Waals surface area contributed by atoms with Gasteiger partial charge in [-0.2, -0.15) is 0 Å². The highest BCUT2D eigenvalue weighted by molar-refractivity contribution is 5.45. The van der Waals surface area contributed by atoms with Gasteiger partial charge in [-0.25, -0.2) is 0 Å². The fourth-order valence-electron chi connectivity index (χ4n) is 7.22. The summed E-state index contributed by atoms with van der Waals surface area (Å²) in [4.78, 5) is 0. The summed E-state index contributed by atoms with van der Waals surface area (Å²) in [6.07, 6.45) is 14.2. The Morgan fingerprint density at radius 2 is 2.19 bits per heavy atom. The molecule has 1 saturated heterocycles. The van der Waals surface area contributed by atoms with Crippen molar-refractivity contribution in [1.29, 1.82) is 0 Å². The second-order valence-corrected chi connectivity index (χ2v) is 9.40. The largest absolute Gasteiger partial charge is 0.374 e. The van der Waals surface area contributed by atoms with Gasteiger partial charge >= 0.3 is 0 Å². The third kappa shape index (κ3) is 2.11. The lowest BCUT2D eigenvalue weighted by Crippen LogP contribution is -2.49. The van der Waals surface area contributed by atoms with Crippen LogP contribution in [0.25, 0.3) is 0 Å². The molecule has 0 aromatic heterocycles. The first-order valence-corrected chi connectivity index (χ1v) is 10.6. The van der Waals surface area contributed by atoms with Crippen LogP contribution in [0.4, 0.5) is 0 Å². The summed E-state index contributed by atoms with van der Waals surface area (Å²) in [5.41, 5.74) is 5.07. The maximum Gasteiger partial charge on any atom is 0.123 e. The third-order valence-corrected chi connectivity index (χ3v) is 8.67. The van der Waals surface area contributed by atoms with Crippen molar-refractivity contribution >= 4 is 0 Å². The molecular formula is C23H33NO2. The summed E-state index contributed by atoms with van der Waals surface area (Å²) in [6, 6.07) is 0. The number of fused-ring (bicyclic) bond motifs is 4. The SMILES string of the molecule is C=C[C@]1(OC)CC[C@H]2[C@@H]3CCC4=C(CCC5(C4)NCCO5)C3=CC[C@@]21C. The molecule has 1 N–H and O–H groups in total. The number of hydrogen-bond donors (Lipinski definition) is 1. The van der Waals surface area contributed by atoms with E-state index in [2.05, 4.69) is 31.0 Å². The molecule has 0 bridgehead atoms. The minimum absolute atomic E-state index is 0.0448. The highest BCUT2D eigenvalue weighted by Gasteiger charge is 2.60. The summed E-state index contributed by atoms with van der Waals surface area (Å²) < 4.78 is 12.2. The first-order valence-electron chi connectivity index (χ1n) is 10.6. The summed E-state index contributed by atoms with van der Waals surface area (Å²) >= 11 is 0. The fraction of sp³-hybridized carbons (Fsp3) is 0.739. The zero-order valence-corrected chi connectivity index (χ0v) is 16.4. The standard InChI is InChI=1S/C23H33NO2/c1-4-22(25-3)11-9-20-19-6-5-16-15-23(24-13-14-26-23)12-8-17(16)18(19)7-10-21(20,22)2/h4,7,19-20,24H,1,5-6,8-15H2,2-3H3/t19-,20+,21+,22+,23?/m1/s1. The van der Waals surface area contributed by atoms with Crippen molar-refractivity contribution in [2.75, 3.05) is 20.3 Å². The van der Waals surface area contributed by atoms with Crippen LogP contribution >= 0.6 is 0 Å². The Bertz CT molecular complexity index is 686. The minimum atomic E-state index is -0.146. The first kappa shape index (κ1) is 17.2. The zero-order valence-electron chi connectivity index (χ0n) is 16.4. The van der Waals surface area contributed by atoms with Crippen LogP contribution in [0.5, 0.6) is 0 Å². The number of hydrogen-bond acceptors (Lipinski definition) is 3. The fourth-order valence-corrected chi connectivity index (χ4v) is 7.22. The highest BCUT2D eigenvalue weighted by atomic mass is 16.5.